The van der Waals surface area contributed by atoms with Crippen molar-refractivity contribution >= 4 is 5.91 Å². The second-order valence-corrected chi connectivity index (χ2v) is 8.09. The normalized spacial score (nSPS) is 22.2. The van der Waals surface area contributed by atoms with E-state index in [2.05, 4.69) is 25.3 Å². The topological polar surface area (TPSA) is 67.2 Å². The highest BCUT2D eigenvalue weighted by Gasteiger charge is 2.33. The van der Waals surface area contributed by atoms with Crippen molar-refractivity contribution in [2.24, 2.45) is 5.92 Å². The molecule has 2 saturated heterocycles. The highest BCUT2D eigenvalue weighted by atomic mass is 16.2. The first kappa shape index (κ1) is 19.1. The first-order valence-electron chi connectivity index (χ1n) is 10.5. The van der Waals surface area contributed by atoms with Crippen LogP contribution in [0.3, 0.4) is 0 Å². The number of benzene rings is 1. The predicted octanol–water partition coefficient (Wildman–Crippen LogP) is 2.67. The van der Waals surface area contributed by atoms with Gasteiger partial charge in [-0.15, -0.1) is 5.10 Å². The summed E-state index contributed by atoms with van der Waals surface area (Å²) in [4.78, 5) is 16.7. The number of hydrogen-bond acceptors (Lipinski definition) is 5. The molecule has 28 heavy (non-hydrogen) atoms. The summed E-state index contributed by atoms with van der Waals surface area (Å²) in [7, 11) is 0. The molecule has 0 spiro atoms. The molecule has 4 rings (SSSR count). The van der Waals surface area contributed by atoms with Gasteiger partial charge in [-0.1, -0.05) is 31.0 Å². The molecule has 7 heteroatoms. The zero-order chi connectivity index (χ0) is 19.3. The second-order valence-electron chi connectivity index (χ2n) is 8.09. The average Bonchev–Trinajstić information content (AvgIpc) is 3.03. The Labute approximate surface area is 166 Å². The molecule has 0 N–H and O–H groups in total. The van der Waals surface area contributed by atoms with Crippen molar-refractivity contribution < 1.29 is 4.79 Å². The van der Waals surface area contributed by atoms with Gasteiger partial charge in [-0.05, 0) is 67.3 Å². The van der Waals surface area contributed by atoms with Gasteiger partial charge < -0.3 is 4.90 Å². The summed E-state index contributed by atoms with van der Waals surface area (Å²) in [6.07, 6.45) is 7.10. The van der Waals surface area contributed by atoms with E-state index in [1.165, 1.54) is 12.8 Å². The van der Waals surface area contributed by atoms with Crippen LogP contribution in [0.4, 0.5) is 0 Å². The number of likely N-dealkylation sites (tertiary alicyclic amines) is 2. The summed E-state index contributed by atoms with van der Waals surface area (Å²) in [6, 6.07) is 10.5. The molecule has 2 fully saturated rings. The summed E-state index contributed by atoms with van der Waals surface area (Å²) in [5.41, 5.74) is 0.993. The number of aromatic nitrogens is 4. The molecule has 0 saturated carbocycles. The smallest absolute Gasteiger partial charge is 0.219 e. The van der Waals surface area contributed by atoms with Crippen LogP contribution in [0.5, 0.6) is 0 Å². The number of amides is 1. The third-order valence-electron chi connectivity index (χ3n) is 6.28. The van der Waals surface area contributed by atoms with Gasteiger partial charge in [0.2, 0.25) is 5.91 Å². The largest absolute Gasteiger partial charge is 0.340 e. The van der Waals surface area contributed by atoms with Gasteiger partial charge in [0.25, 0.3) is 0 Å². The Kier molecular flexibility index (Phi) is 6.00. The van der Waals surface area contributed by atoms with Crippen LogP contribution in [0, 0.1) is 5.92 Å². The van der Waals surface area contributed by atoms with Crippen molar-refractivity contribution in [3.63, 3.8) is 0 Å². The van der Waals surface area contributed by atoms with Crippen molar-refractivity contribution in [2.45, 2.75) is 58.0 Å². The Balaban J connectivity index is 1.37. The average molecular weight is 383 g/mol. The Morgan fingerprint density at radius 2 is 1.82 bits per heavy atom. The van der Waals surface area contributed by atoms with Crippen molar-refractivity contribution in [3.8, 4) is 5.69 Å². The molecule has 7 nitrogen and oxygen atoms in total. The molecule has 1 aromatic carbocycles. The summed E-state index contributed by atoms with van der Waals surface area (Å²) < 4.78 is 1.83. The number of carbonyl (C=O) groups excluding carboxylic acids is 1. The molecule has 1 amide bonds. The Morgan fingerprint density at radius 3 is 2.57 bits per heavy atom. The van der Waals surface area contributed by atoms with E-state index in [1.54, 1.807) is 6.92 Å². The number of rotatable bonds is 4. The monoisotopic (exact) mass is 382 g/mol. The second kappa shape index (κ2) is 8.82. The van der Waals surface area contributed by atoms with Gasteiger partial charge in [0, 0.05) is 19.5 Å². The van der Waals surface area contributed by atoms with E-state index < -0.39 is 0 Å². The van der Waals surface area contributed by atoms with E-state index in [-0.39, 0.29) is 5.91 Å². The zero-order valence-electron chi connectivity index (χ0n) is 16.7. The molecule has 2 aliphatic heterocycles. The van der Waals surface area contributed by atoms with E-state index in [1.807, 2.05) is 35.0 Å². The van der Waals surface area contributed by atoms with Crippen LogP contribution < -0.4 is 0 Å². The number of hydrogen-bond donors (Lipinski definition) is 0. The highest BCUT2D eigenvalue weighted by molar-refractivity contribution is 5.73. The molecule has 2 aliphatic rings. The highest BCUT2D eigenvalue weighted by Crippen LogP contribution is 2.30. The van der Waals surface area contributed by atoms with Crippen LogP contribution in [0.25, 0.3) is 5.69 Å². The van der Waals surface area contributed by atoms with Crippen molar-refractivity contribution in [1.29, 1.82) is 0 Å². The number of para-hydroxylation sites is 1. The van der Waals surface area contributed by atoms with Crippen molar-refractivity contribution in [2.75, 3.05) is 19.6 Å². The summed E-state index contributed by atoms with van der Waals surface area (Å²) in [6.45, 7) is 5.50. The van der Waals surface area contributed by atoms with Gasteiger partial charge in [-0.2, -0.15) is 4.68 Å². The predicted molar refractivity (Wildman–Crippen MR) is 107 cm³/mol. The fourth-order valence-corrected chi connectivity index (χ4v) is 4.79. The van der Waals surface area contributed by atoms with Crippen LogP contribution in [0.1, 0.15) is 51.3 Å². The van der Waals surface area contributed by atoms with E-state index in [0.29, 0.717) is 12.0 Å². The van der Waals surface area contributed by atoms with E-state index in [0.717, 1.165) is 63.4 Å². The number of nitrogens with zero attached hydrogens (tertiary/aromatic N) is 6. The minimum atomic E-state index is 0.247. The molecule has 3 heterocycles. The number of piperidine rings is 1. The lowest BCUT2D eigenvalue weighted by Crippen LogP contribution is -2.47. The maximum absolute atomic E-state index is 12.1. The van der Waals surface area contributed by atoms with Gasteiger partial charge in [0.1, 0.15) is 0 Å². The molecule has 0 unspecified atom stereocenters. The van der Waals surface area contributed by atoms with Crippen LogP contribution in [0.15, 0.2) is 30.3 Å². The molecule has 0 aliphatic carbocycles. The van der Waals surface area contributed by atoms with Crippen LogP contribution >= 0.6 is 0 Å². The lowest BCUT2D eigenvalue weighted by Gasteiger charge is -2.40. The molecule has 2 aromatic rings. The fourth-order valence-electron chi connectivity index (χ4n) is 4.79. The standard InChI is InChI=1S/C21H30N6O/c1-17(28)26-13-7-3-6-10-20(26)18-11-14-25(15-12-18)16-21-22-23-24-27(21)19-8-4-2-5-9-19/h2,4-5,8-9,18,20H,3,6-7,10-16H2,1H3/t20-/m1/s1. The molecular formula is C21H30N6O. The Morgan fingerprint density at radius 1 is 1.04 bits per heavy atom. The Hall–Kier alpha value is -2.28. The van der Waals surface area contributed by atoms with Gasteiger partial charge >= 0.3 is 0 Å². The van der Waals surface area contributed by atoms with E-state index in [4.69, 9.17) is 0 Å². The molecule has 1 atom stereocenters. The van der Waals surface area contributed by atoms with Crippen LogP contribution in [-0.4, -0.2) is 61.6 Å². The van der Waals surface area contributed by atoms with Gasteiger partial charge in [-0.25, -0.2) is 0 Å². The minimum absolute atomic E-state index is 0.247. The van der Waals surface area contributed by atoms with Crippen LogP contribution in [-0.2, 0) is 11.3 Å². The summed E-state index contributed by atoms with van der Waals surface area (Å²) in [5.74, 6) is 1.74. The quantitative estimate of drug-likeness (QED) is 0.813. The van der Waals surface area contributed by atoms with Gasteiger partial charge in [-0.3, -0.25) is 9.69 Å². The first-order valence-corrected chi connectivity index (χ1v) is 10.5. The van der Waals surface area contributed by atoms with E-state index >= 15 is 0 Å². The van der Waals surface area contributed by atoms with Gasteiger partial charge in [0.05, 0.1) is 12.2 Å². The van der Waals surface area contributed by atoms with E-state index in [9.17, 15) is 4.79 Å². The lowest BCUT2D eigenvalue weighted by atomic mass is 9.86. The Bertz CT molecular complexity index is 768. The van der Waals surface area contributed by atoms with Gasteiger partial charge in [0.15, 0.2) is 5.82 Å². The molecular weight excluding hydrogens is 352 g/mol. The SMILES string of the molecule is CC(=O)N1CCCCC[C@@H]1C1CCN(Cc2nnnn2-c2ccccc2)CC1. The third-order valence-corrected chi connectivity index (χ3v) is 6.28. The molecule has 1 aromatic heterocycles. The summed E-state index contributed by atoms with van der Waals surface area (Å²) in [5, 5.41) is 12.3. The van der Waals surface area contributed by atoms with Crippen LogP contribution in [0.2, 0.25) is 0 Å². The molecule has 150 valence electrons. The lowest BCUT2D eigenvalue weighted by molar-refractivity contribution is -0.132. The minimum Gasteiger partial charge on any atom is -0.340 e. The zero-order valence-corrected chi connectivity index (χ0v) is 16.7. The maximum atomic E-state index is 12.1. The number of carbonyl (C=O) groups is 1. The number of tetrazole rings is 1. The molecule has 0 bridgehead atoms. The molecule has 0 radical (unpaired) electrons. The van der Waals surface area contributed by atoms with Crippen molar-refractivity contribution in [3.05, 3.63) is 36.2 Å². The summed E-state index contributed by atoms with van der Waals surface area (Å²) >= 11 is 0. The van der Waals surface area contributed by atoms with Crippen molar-refractivity contribution in [1.82, 2.24) is 30.0 Å². The third kappa shape index (κ3) is 4.24. The maximum Gasteiger partial charge on any atom is 0.219 e. The first-order chi connectivity index (χ1) is 13.7. The fraction of sp³-hybridized carbons (Fsp3) is 0.619.